The molecule has 0 saturated carbocycles. The number of fused-ring (bicyclic) bond motifs is 2. The van der Waals surface area contributed by atoms with Crippen molar-refractivity contribution < 1.29 is 9.59 Å². The number of hydrogen-bond acceptors (Lipinski definition) is 6. The van der Waals surface area contributed by atoms with Gasteiger partial charge < -0.3 is 10.6 Å². The summed E-state index contributed by atoms with van der Waals surface area (Å²) in [5, 5.41) is 25.8. The number of nitriles is 2. The Bertz CT molecular complexity index is 1040. The topological polar surface area (TPSA) is 106 Å². The number of anilines is 2. The van der Waals surface area contributed by atoms with Gasteiger partial charge in [0.05, 0.1) is 11.1 Å². The number of carbonyl (C=O) groups excluding carboxylic acids is 2. The Morgan fingerprint density at radius 1 is 0.871 bits per heavy atom. The van der Waals surface area contributed by atoms with Crippen LogP contribution in [0.3, 0.4) is 0 Å². The van der Waals surface area contributed by atoms with Gasteiger partial charge in [0.15, 0.2) is 0 Å². The number of nitrogens with zero attached hydrogens (tertiary/aromatic N) is 2. The molecule has 2 amide bonds. The van der Waals surface area contributed by atoms with Gasteiger partial charge in [-0.05, 0) is 61.5 Å². The number of nitrogens with one attached hydrogen (secondary N) is 2. The number of thiophene rings is 2. The van der Waals surface area contributed by atoms with Gasteiger partial charge in [-0.15, -0.1) is 22.7 Å². The lowest BCUT2D eigenvalue weighted by atomic mass is 9.88. The molecule has 2 aliphatic carbocycles. The van der Waals surface area contributed by atoms with Gasteiger partial charge in [0.2, 0.25) is 11.8 Å². The fraction of sp³-hybridized carbons (Fsp3) is 0.478. The van der Waals surface area contributed by atoms with Crippen molar-refractivity contribution >= 4 is 44.5 Å². The fourth-order valence-corrected chi connectivity index (χ4v) is 7.16. The molecule has 2 aliphatic rings. The van der Waals surface area contributed by atoms with E-state index in [1.807, 2.05) is 0 Å². The summed E-state index contributed by atoms with van der Waals surface area (Å²) in [7, 11) is 0. The van der Waals surface area contributed by atoms with Gasteiger partial charge >= 0.3 is 0 Å². The second-order valence-corrected chi connectivity index (χ2v) is 10.8. The Labute approximate surface area is 189 Å². The molecule has 2 atom stereocenters. The molecule has 0 saturated heterocycles. The molecule has 2 aromatic rings. The molecule has 31 heavy (non-hydrogen) atoms. The maximum atomic E-state index is 12.5. The first-order chi connectivity index (χ1) is 14.9. The highest BCUT2D eigenvalue weighted by Crippen LogP contribution is 2.40. The average Bonchev–Trinajstić information content (AvgIpc) is 3.22. The lowest BCUT2D eigenvalue weighted by Crippen LogP contribution is -2.21. The molecule has 2 N–H and O–H groups in total. The van der Waals surface area contributed by atoms with E-state index < -0.39 is 11.8 Å². The first kappa shape index (κ1) is 21.5. The first-order valence-corrected chi connectivity index (χ1v) is 12.2. The maximum Gasteiger partial charge on any atom is 0.234 e. The molecule has 160 valence electrons. The van der Waals surface area contributed by atoms with E-state index in [0.717, 1.165) is 59.4 Å². The number of hydrogen-bond donors (Lipinski definition) is 2. The normalized spacial score (nSPS) is 19.5. The van der Waals surface area contributed by atoms with E-state index in [9.17, 15) is 20.1 Å². The molecule has 0 radical (unpaired) electrons. The van der Waals surface area contributed by atoms with Crippen LogP contribution in [0.1, 0.15) is 65.1 Å². The van der Waals surface area contributed by atoms with Crippen LogP contribution in [0.5, 0.6) is 0 Å². The van der Waals surface area contributed by atoms with Gasteiger partial charge in [0, 0.05) is 9.75 Å². The summed E-state index contributed by atoms with van der Waals surface area (Å²) in [4.78, 5) is 27.3. The minimum Gasteiger partial charge on any atom is -0.316 e. The van der Waals surface area contributed by atoms with E-state index in [0.29, 0.717) is 33.0 Å². The van der Waals surface area contributed by atoms with Crippen molar-refractivity contribution in [1.82, 2.24) is 0 Å². The van der Waals surface area contributed by atoms with Gasteiger partial charge in [0.25, 0.3) is 0 Å². The van der Waals surface area contributed by atoms with Crippen LogP contribution in [0.2, 0.25) is 0 Å². The molecule has 0 aliphatic heterocycles. The molecule has 2 heterocycles. The van der Waals surface area contributed by atoms with Crippen molar-refractivity contribution in [2.75, 3.05) is 10.6 Å². The maximum absolute atomic E-state index is 12.5. The molecular formula is C23H24N4O2S2. The van der Waals surface area contributed by atoms with E-state index >= 15 is 0 Å². The SMILES string of the molecule is CC1CCc2c(sc(NC(=O)CC(=O)Nc3sc4c(c3C#N)CCC(C)C4)c2C#N)C1. The average molecular weight is 453 g/mol. The first-order valence-electron chi connectivity index (χ1n) is 10.6. The van der Waals surface area contributed by atoms with Gasteiger partial charge in [0.1, 0.15) is 28.6 Å². The molecule has 8 heteroatoms. The lowest BCUT2D eigenvalue weighted by Gasteiger charge is -2.17. The van der Waals surface area contributed by atoms with Crippen molar-refractivity contribution in [3.63, 3.8) is 0 Å². The second-order valence-electron chi connectivity index (χ2n) is 8.61. The Kier molecular flexibility index (Phi) is 6.13. The van der Waals surface area contributed by atoms with Crippen LogP contribution >= 0.6 is 22.7 Å². The summed E-state index contributed by atoms with van der Waals surface area (Å²) in [5.41, 5.74) is 3.16. The second kappa shape index (κ2) is 8.82. The molecule has 0 bridgehead atoms. The highest BCUT2D eigenvalue weighted by atomic mass is 32.1. The van der Waals surface area contributed by atoms with E-state index in [2.05, 4.69) is 36.6 Å². The Hall–Kier alpha value is -2.68. The Morgan fingerprint density at radius 3 is 1.68 bits per heavy atom. The predicted molar refractivity (Wildman–Crippen MR) is 122 cm³/mol. The standard InChI is InChI=1S/C23H24N4O2S2/c1-12-3-5-14-16(10-24)22(30-18(14)7-12)26-20(28)9-21(29)27-23-17(11-25)15-6-4-13(2)8-19(15)31-23/h12-13H,3-9H2,1-2H3,(H,26,28)(H,27,29). The monoisotopic (exact) mass is 452 g/mol. The van der Waals surface area contributed by atoms with Crippen molar-refractivity contribution in [2.24, 2.45) is 11.8 Å². The summed E-state index contributed by atoms with van der Waals surface area (Å²) >= 11 is 2.89. The van der Waals surface area contributed by atoms with E-state index in [1.165, 1.54) is 22.7 Å². The van der Waals surface area contributed by atoms with Gasteiger partial charge in [-0.1, -0.05) is 13.8 Å². The van der Waals surface area contributed by atoms with Crippen LogP contribution in [0.25, 0.3) is 0 Å². The summed E-state index contributed by atoms with van der Waals surface area (Å²) in [6, 6.07) is 4.45. The molecule has 0 aromatic carbocycles. The molecule has 2 aromatic heterocycles. The lowest BCUT2D eigenvalue weighted by molar-refractivity contribution is -0.123. The largest absolute Gasteiger partial charge is 0.316 e. The zero-order chi connectivity index (χ0) is 22.1. The Balaban J connectivity index is 1.43. The molecule has 6 nitrogen and oxygen atoms in total. The van der Waals surface area contributed by atoms with E-state index in [4.69, 9.17) is 0 Å². The third-order valence-electron chi connectivity index (χ3n) is 6.07. The van der Waals surface area contributed by atoms with Crippen LogP contribution in [-0.2, 0) is 35.3 Å². The number of rotatable bonds is 4. The van der Waals surface area contributed by atoms with Crippen LogP contribution in [-0.4, -0.2) is 11.8 Å². The van der Waals surface area contributed by atoms with Crippen LogP contribution < -0.4 is 10.6 Å². The van der Waals surface area contributed by atoms with E-state index in [1.54, 1.807) is 0 Å². The fourth-order valence-electron chi connectivity index (χ4n) is 4.40. The molecule has 2 unspecified atom stereocenters. The predicted octanol–water partition coefficient (Wildman–Crippen LogP) is 4.77. The van der Waals surface area contributed by atoms with Gasteiger partial charge in [-0.2, -0.15) is 10.5 Å². The van der Waals surface area contributed by atoms with Crippen molar-refractivity contribution in [1.29, 1.82) is 10.5 Å². The highest BCUT2D eigenvalue weighted by Gasteiger charge is 2.27. The minimum absolute atomic E-state index is 0.353. The summed E-state index contributed by atoms with van der Waals surface area (Å²) in [5.74, 6) is 0.241. The third-order valence-corrected chi connectivity index (χ3v) is 8.41. The summed E-state index contributed by atoms with van der Waals surface area (Å²) in [6.07, 6.45) is 5.27. The summed E-state index contributed by atoms with van der Waals surface area (Å²) < 4.78 is 0. The highest BCUT2D eigenvalue weighted by molar-refractivity contribution is 7.17. The van der Waals surface area contributed by atoms with Crippen molar-refractivity contribution in [3.05, 3.63) is 32.0 Å². The van der Waals surface area contributed by atoms with E-state index in [-0.39, 0.29) is 6.42 Å². The molecule has 4 rings (SSSR count). The summed E-state index contributed by atoms with van der Waals surface area (Å²) in [6.45, 7) is 4.38. The zero-order valence-corrected chi connectivity index (χ0v) is 19.3. The number of amides is 2. The quantitative estimate of drug-likeness (QED) is 0.652. The third kappa shape index (κ3) is 4.37. The van der Waals surface area contributed by atoms with Crippen molar-refractivity contribution in [3.8, 4) is 12.1 Å². The molecule has 0 spiro atoms. The van der Waals surface area contributed by atoms with Gasteiger partial charge in [-0.3, -0.25) is 9.59 Å². The molecule has 0 fully saturated rings. The zero-order valence-electron chi connectivity index (χ0n) is 17.6. The van der Waals surface area contributed by atoms with Crippen LogP contribution in [0.4, 0.5) is 10.0 Å². The van der Waals surface area contributed by atoms with Crippen LogP contribution in [0, 0.1) is 34.5 Å². The van der Waals surface area contributed by atoms with Gasteiger partial charge in [-0.25, -0.2) is 0 Å². The van der Waals surface area contributed by atoms with Crippen LogP contribution in [0.15, 0.2) is 0 Å². The molecular weight excluding hydrogens is 428 g/mol. The Morgan fingerprint density at radius 2 is 1.29 bits per heavy atom. The van der Waals surface area contributed by atoms with Crippen molar-refractivity contribution in [2.45, 2.75) is 58.8 Å². The number of carbonyl (C=O) groups is 2. The minimum atomic E-state index is -0.450. The smallest absolute Gasteiger partial charge is 0.234 e.